The summed E-state index contributed by atoms with van der Waals surface area (Å²) in [5, 5.41) is 8.90. The first-order chi connectivity index (χ1) is 8.54. The normalized spacial score (nSPS) is 10.2. The number of methoxy groups -OCH3 is 1. The summed E-state index contributed by atoms with van der Waals surface area (Å²) in [5.74, 6) is -0.714. The van der Waals surface area contributed by atoms with E-state index in [1.807, 2.05) is 0 Å². The van der Waals surface area contributed by atoms with Crippen molar-refractivity contribution in [2.45, 2.75) is 18.7 Å². The number of alkyl halides is 3. The van der Waals surface area contributed by atoms with Crippen molar-refractivity contribution in [3.05, 3.63) is 28.6 Å². The van der Waals surface area contributed by atoms with Crippen LogP contribution < -0.4 is 0 Å². The molecule has 0 unspecified atom stereocenters. The number of nitriles is 1. The predicted molar refractivity (Wildman–Crippen MR) is 59.2 cm³/mol. The molecule has 0 amide bonds. The standard InChI is InChI=1S/C11H9ClF2N2O2/c1-18-9(17)2-6-5-16-10(11(13)14)8(4-15)7(6)3-12/h5,11H,2-3H2,1H3. The Bertz CT molecular complexity index is 501. The van der Waals surface area contributed by atoms with Gasteiger partial charge in [-0.1, -0.05) is 0 Å². The van der Waals surface area contributed by atoms with Gasteiger partial charge in [-0.25, -0.2) is 8.78 Å². The Morgan fingerprint density at radius 1 is 1.67 bits per heavy atom. The molecule has 0 atom stereocenters. The summed E-state index contributed by atoms with van der Waals surface area (Å²) in [4.78, 5) is 14.6. The van der Waals surface area contributed by atoms with E-state index in [0.717, 1.165) is 6.20 Å². The molecule has 0 aliphatic rings. The van der Waals surface area contributed by atoms with Crippen LogP contribution in [0.4, 0.5) is 8.78 Å². The van der Waals surface area contributed by atoms with Gasteiger partial charge in [0.2, 0.25) is 0 Å². The van der Waals surface area contributed by atoms with Gasteiger partial charge < -0.3 is 4.74 Å². The van der Waals surface area contributed by atoms with Gasteiger partial charge in [0, 0.05) is 12.1 Å². The molecule has 1 rings (SSSR count). The Hall–Kier alpha value is -1.74. The number of carbonyl (C=O) groups is 1. The molecule has 0 aliphatic carbocycles. The molecule has 0 fully saturated rings. The highest BCUT2D eigenvalue weighted by molar-refractivity contribution is 6.17. The van der Waals surface area contributed by atoms with Crippen LogP contribution in [-0.2, 0) is 21.8 Å². The lowest BCUT2D eigenvalue weighted by atomic mass is 10.0. The molecule has 0 saturated heterocycles. The molecule has 1 heterocycles. The SMILES string of the molecule is COC(=O)Cc1cnc(C(F)F)c(C#N)c1CCl. The predicted octanol–water partition coefficient (Wildman–Crippen LogP) is 2.35. The maximum absolute atomic E-state index is 12.6. The summed E-state index contributed by atoms with van der Waals surface area (Å²) < 4.78 is 29.7. The van der Waals surface area contributed by atoms with Gasteiger partial charge in [0.05, 0.1) is 19.1 Å². The summed E-state index contributed by atoms with van der Waals surface area (Å²) in [6.45, 7) is 0. The van der Waals surface area contributed by atoms with E-state index in [1.54, 1.807) is 6.07 Å². The molecular weight excluding hydrogens is 266 g/mol. The van der Waals surface area contributed by atoms with Gasteiger partial charge in [-0.3, -0.25) is 9.78 Å². The van der Waals surface area contributed by atoms with Crippen LogP contribution in [-0.4, -0.2) is 18.1 Å². The van der Waals surface area contributed by atoms with Gasteiger partial charge in [0.1, 0.15) is 11.8 Å². The average Bonchev–Trinajstić information content (AvgIpc) is 2.37. The van der Waals surface area contributed by atoms with Gasteiger partial charge in [0.25, 0.3) is 6.43 Å². The first-order valence-corrected chi connectivity index (χ1v) is 5.40. The molecule has 4 nitrogen and oxygen atoms in total. The number of hydrogen-bond donors (Lipinski definition) is 0. The van der Waals surface area contributed by atoms with Crippen molar-refractivity contribution in [1.82, 2.24) is 4.98 Å². The van der Waals surface area contributed by atoms with Crippen molar-refractivity contribution < 1.29 is 18.3 Å². The van der Waals surface area contributed by atoms with Crippen molar-refractivity contribution in [2.24, 2.45) is 0 Å². The van der Waals surface area contributed by atoms with E-state index in [1.165, 1.54) is 7.11 Å². The highest BCUT2D eigenvalue weighted by Crippen LogP contribution is 2.26. The smallest absolute Gasteiger partial charge is 0.310 e. The third-order valence-corrected chi connectivity index (χ3v) is 2.59. The fourth-order valence-corrected chi connectivity index (χ4v) is 1.73. The summed E-state index contributed by atoms with van der Waals surface area (Å²) >= 11 is 5.64. The zero-order chi connectivity index (χ0) is 13.7. The van der Waals surface area contributed by atoms with Crippen LogP contribution in [0.15, 0.2) is 6.20 Å². The molecule has 1 aromatic heterocycles. The van der Waals surface area contributed by atoms with Gasteiger partial charge >= 0.3 is 5.97 Å². The molecule has 0 radical (unpaired) electrons. The number of carbonyl (C=O) groups excluding carboxylic acids is 1. The minimum atomic E-state index is -2.87. The fraction of sp³-hybridized carbons (Fsp3) is 0.364. The van der Waals surface area contributed by atoms with E-state index >= 15 is 0 Å². The monoisotopic (exact) mass is 274 g/mol. The van der Waals surface area contributed by atoms with Crippen molar-refractivity contribution in [3.8, 4) is 6.07 Å². The highest BCUT2D eigenvalue weighted by Gasteiger charge is 2.21. The average molecular weight is 275 g/mol. The fourth-order valence-electron chi connectivity index (χ4n) is 1.43. The molecule has 7 heteroatoms. The Balaban J connectivity index is 3.31. The molecule has 0 aromatic carbocycles. The third kappa shape index (κ3) is 2.93. The van der Waals surface area contributed by atoms with Crippen molar-refractivity contribution >= 4 is 17.6 Å². The maximum atomic E-state index is 12.6. The Morgan fingerprint density at radius 3 is 2.78 bits per heavy atom. The number of rotatable bonds is 4. The summed E-state index contributed by atoms with van der Waals surface area (Å²) in [7, 11) is 1.20. The lowest BCUT2D eigenvalue weighted by Crippen LogP contribution is -2.10. The Kier molecular flexibility index (Phi) is 4.98. The van der Waals surface area contributed by atoms with Crippen LogP contribution in [0.2, 0.25) is 0 Å². The second-order valence-corrected chi connectivity index (χ2v) is 3.59. The number of ether oxygens (including phenoxy) is 1. The lowest BCUT2D eigenvalue weighted by Gasteiger charge is -2.10. The maximum Gasteiger partial charge on any atom is 0.310 e. The Morgan fingerprint density at radius 2 is 2.33 bits per heavy atom. The van der Waals surface area contributed by atoms with Crippen LogP contribution in [0.3, 0.4) is 0 Å². The largest absolute Gasteiger partial charge is 0.469 e. The highest BCUT2D eigenvalue weighted by atomic mass is 35.5. The summed E-state index contributed by atoms with van der Waals surface area (Å²) in [6, 6.07) is 1.65. The molecule has 0 N–H and O–H groups in total. The molecule has 0 aliphatic heterocycles. The van der Waals surface area contributed by atoms with Crippen molar-refractivity contribution in [3.63, 3.8) is 0 Å². The van der Waals surface area contributed by atoms with E-state index in [4.69, 9.17) is 16.9 Å². The van der Waals surface area contributed by atoms with Crippen molar-refractivity contribution in [1.29, 1.82) is 5.26 Å². The van der Waals surface area contributed by atoms with Gasteiger partial charge in [-0.15, -0.1) is 11.6 Å². The lowest BCUT2D eigenvalue weighted by molar-refractivity contribution is -0.139. The Labute approximate surface area is 107 Å². The molecular formula is C11H9ClF2N2O2. The van der Waals surface area contributed by atoms with Gasteiger partial charge in [0.15, 0.2) is 0 Å². The summed E-state index contributed by atoms with van der Waals surface area (Å²) in [6.07, 6.45) is -1.91. The number of halogens is 3. The van der Waals surface area contributed by atoms with Gasteiger partial charge in [-0.2, -0.15) is 5.26 Å². The number of aromatic nitrogens is 1. The molecule has 18 heavy (non-hydrogen) atoms. The van der Waals surface area contributed by atoms with Crippen LogP contribution in [0, 0.1) is 11.3 Å². The molecule has 1 aromatic rings. The number of nitrogens with zero attached hydrogens (tertiary/aromatic N) is 2. The van der Waals surface area contributed by atoms with E-state index < -0.39 is 18.1 Å². The van der Waals surface area contributed by atoms with Crippen LogP contribution in [0.25, 0.3) is 0 Å². The first kappa shape index (κ1) is 14.3. The first-order valence-electron chi connectivity index (χ1n) is 4.86. The number of esters is 1. The molecule has 96 valence electrons. The van der Waals surface area contributed by atoms with E-state index in [2.05, 4.69) is 9.72 Å². The second kappa shape index (κ2) is 6.26. The quantitative estimate of drug-likeness (QED) is 0.624. The van der Waals surface area contributed by atoms with E-state index in [9.17, 15) is 13.6 Å². The van der Waals surface area contributed by atoms with E-state index in [-0.39, 0.29) is 23.4 Å². The van der Waals surface area contributed by atoms with E-state index in [0.29, 0.717) is 5.56 Å². The molecule has 0 bridgehead atoms. The summed E-state index contributed by atoms with van der Waals surface area (Å²) in [5.41, 5.74) is -0.393. The van der Waals surface area contributed by atoms with Gasteiger partial charge in [-0.05, 0) is 11.1 Å². The topological polar surface area (TPSA) is 63.0 Å². The number of pyridine rings is 1. The zero-order valence-corrected chi connectivity index (χ0v) is 10.2. The van der Waals surface area contributed by atoms with Crippen LogP contribution in [0.5, 0.6) is 0 Å². The third-order valence-electron chi connectivity index (χ3n) is 2.32. The van der Waals surface area contributed by atoms with Crippen LogP contribution >= 0.6 is 11.6 Å². The van der Waals surface area contributed by atoms with Crippen LogP contribution in [0.1, 0.15) is 28.8 Å². The molecule has 0 saturated carbocycles. The zero-order valence-electron chi connectivity index (χ0n) is 9.41. The van der Waals surface area contributed by atoms with Crippen molar-refractivity contribution in [2.75, 3.05) is 7.11 Å². The minimum Gasteiger partial charge on any atom is -0.469 e. The minimum absolute atomic E-state index is 0.155. The second-order valence-electron chi connectivity index (χ2n) is 3.32. The number of hydrogen-bond acceptors (Lipinski definition) is 4. The molecule has 0 spiro atoms.